The van der Waals surface area contributed by atoms with Gasteiger partial charge in [0.15, 0.2) is 0 Å². The van der Waals surface area contributed by atoms with Gasteiger partial charge in [0.25, 0.3) is 6.47 Å². The summed E-state index contributed by atoms with van der Waals surface area (Å²) in [5.41, 5.74) is 0.922. The molecule has 0 spiro atoms. The maximum Gasteiger partial charge on any atom is 0.295 e. The number of hydrogen-bond donors (Lipinski definition) is 0. The van der Waals surface area contributed by atoms with Crippen LogP contribution in [0.25, 0.3) is 0 Å². The monoisotopic (exact) mass is 434 g/mol. The number of anilines is 1. The zero-order chi connectivity index (χ0) is 21.6. The highest BCUT2D eigenvalue weighted by molar-refractivity contribution is 7.89. The zero-order valence-corrected chi connectivity index (χ0v) is 17.9. The lowest BCUT2D eigenvalue weighted by atomic mass is 10.2. The summed E-state index contributed by atoms with van der Waals surface area (Å²) in [5.74, 6) is 1.22. The van der Waals surface area contributed by atoms with Crippen LogP contribution in [0.2, 0.25) is 0 Å². The van der Waals surface area contributed by atoms with Crippen molar-refractivity contribution in [3.8, 4) is 11.5 Å². The molecule has 0 aromatic heterocycles. The second-order valence-corrected chi connectivity index (χ2v) is 8.99. The van der Waals surface area contributed by atoms with E-state index in [1.165, 1.54) is 4.31 Å². The van der Waals surface area contributed by atoms with Crippen LogP contribution in [-0.4, -0.2) is 58.3 Å². The topological polar surface area (TPSA) is 85.4 Å². The number of nitrogens with zero attached hydrogens (tertiary/aromatic N) is 2. The fourth-order valence-electron chi connectivity index (χ4n) is 3.20. The number of carbonyl (C=O) groups is 1. The molecule has 0 amide bonds. The van der Waals surface area contributed by atoms with Gasteiger partial charge in [0, 0.05) is 37.9 Å². The molecular weight excluding hydrogens is 408 g/mol. The molecule has 162 valence electrons. The lowest BCUT2D eigenvalue weighted by molar-refractivity contribution is -0.134. The Morgan fingerprint density at radius 2 is 1.70 bits per heavy atom. The van der Waals surface area contributed by atoms with Crippen LogP contribution < -0.4 is 14.4 Å². The van der Waals surface area contributed by atoms with E-state index >= 15 is 0 Å². The van der Waals surface area contributed by atoms with Crippen LogP contribution in [0.5, 0.6) is 11.5 Å². The molecule has 1 fully saturated rings. The Labute approximate surface area is 177 Å². The summed E-state index contributed by atoms with van der Waals surface area (Å²) in [6.07, 6.45) is 0.0296. The fourth-order valence-corrected chi connectivity index (χ4v) is 4.62. The van der Waals surface area contributed by atoms with Gasteiger partial charge in [-0.3, -0.25) is 4.79 Å². The first-order valence-electron chi connectivity index (χ1n) is 9.70. The van der Waals surface area contributed by atoms with Gasteiger partial charge in [-0.2, -0.15) is 4.31 Å². The predicted molar refractivity (Wildman–Crippen MR) is 112 cm³/mol. The number of rotatable bonds is 9. The van der Waals surface area contributed by atoms with Crippen molar-refractivity contribution in [2.75, 3.05) is 37.9 Å². The lowest BCUT2D eigenvalue weighted by Gasteiger charge is -2.35. The van der Waals surface area contributed by atoms with Crippen molar-refractivity contribution in [1.29, 1.82) is 0 Å². The van der Waals surface area contributed by atoms with Crippen LogP contribution in [0.4, 0.5) is 5.69 Å². The van der Waals surface area contributed by atoms with E-state index in [-0.39, 0.29) is 17.8 Å². The Kier molecular flexibility index (Phi) is 7.17. The molecule has 1 aliphatic heterocycles. The van der Waals surface area contributed by atoms with Crippen LogP contribution in [0.3, 0.4) is 0 Å². The highest BCUT2D eigenvalue weighted by Crippen LogP contribution is 2.25. The van der Waals surface area contributed by atoms with Crippen LogP contribution in [0.1, 0.15) is 13.8 Å². The van der Waals surface area contributed by atoms with Crippen LogP contribution >= 0.6 is 0 Å². The summed E-state index contributed by atoms with van der Waals surface area (Å²) in [7, 11) is -3.56. The zero-order valence-electron chi connectivity index (χ0n) is 17.1. The van der Waals surface area contributed by atoms with Gasteiger partial charge in [-0.25, -0.2) is 8.42 Å². The van der Waals surface area contributed by atoms with Gasteiger partial charge < -0.3 is 19.1 Å². The first kappa shape index (κ1) is 21.9. The summed E-state index contributed by atoms with van der Waals surface area (Å²) in [4.78, 5) is 12.6. The highest BCUT2D eigenvalue weighted by Gasteiger charge is 2.28. The van der Waals surface area contributed by atoms with E-state index in [0.29, 0.717) is 44.2 Å². The van der Waals surface area contributed by atoms with Gasteiger partial charge in [-0.15, -0.1) is 0 Å². The SMILES string of the molecule is CC(C)Oc1ccc(S(=O)(=O)N2CCN(c3cccc(OCOC=O)c3)CC2)cc1. The molecule has 9 heteroatoms. The summed E-state index contributed by atoms with van der Waals surface area (Å²) >= 11 is 0. The molecule has 0 bridgehead atoms. The first-order valence-corrected chi connectivity index (χ1v) is 11.1. The largest absolute Gasteiger partial charge is 0.491 e. The first-order chi connectivity index (χ1) is 14.4. The molecule has 1 aliphatic rings. The van der Waals surface area contributed by atoms with Gasteiger partial charge in [0.05, 0.1) is 11.0 Å². The molecule has 0 atom stereocenters. The molecule has 1 heterocycles. The molecular formula is C21H26N2O6S. The molecule has 0 unspecified atom stereocenters. The van der Waals surface area contributed by atoms with E-state index in [0.717, 1.165) is 5.69 Å². The third-order valence-corrected chi connectivity index (χ3v) is 6.53. The molecule has 0 aliphatic carbocycles. The summed E-state index contributed by atoms with van der Waals surface area (Å²) in [6.45, 7) is 5.90. The standard InChI is InChI=1S/C21H26N2O6S/c1-17(2)29-19-6-8-21(9-7-19)30(25,26)23-12-10-22(11-13-23)18-4-3-5-20(14-18)28-16-27-15-24/h3-9,14-15,17H,10-13,16H2,1-2H3. The average molecular weight is 435 g/mol. The highest BCUT2D eigenvalue weighted by atomic mass is 32.2. The molecule has 2 aromatic rings. The number of ether oxygens (including phenoxy) is 3. The maximum absolute atomic E-state index is 13.0. The van der Waals surface area contributed by atoms with E-state index in [4.69, 9.17) is 9.47 Å². The third kappa shape index (κ3) is 5.43. The van der Waals surface area contributed by atoms with Crippen molar-refractivity contribution in [1.82, 2.24) is 4.31 Å². The number of hydrogen-bond acceptors (Lipinski definition) is 7. The smallest absolute Gasteiger partial charge is 0.295 e. The van der Waals surface area contributed by atoms with Crippen molar-refractivity contribution in [2.24, 2.45) is 0 Å². The van der Waals surface area contributed by atoms with Gasteiger partial charge >= 0.3 is 0 Å². The van der Waals surface area contributed by atoms with Crippen molar-refractivity contribution >= 4 is 22.2 Å². The minimum atomic E-state index is -3.56. The maximum atomic E-state index is 13.0. The third-order valence-electron chi connectivity index (χ3n) is 4.62. The van der Waals surface area contributed by atoms with Crippen molar-refractivity contribution in [3.05, 3.63) is 48.5 Å². The van der Waals surface area contributed by atoms with Gasteiger partial charge in [-0.1, -0.05) is 6.07 Å². The Balaban J connectivity index is 1.62. The molecule has 2 aromatic carbocycles. The molecule has 3 rings (SSSR count). The van der Waals surface area contributed by atoms with Crippen LogP contribution in [0.15, 0.2) is 53.4 Å². The molecule has 0 saturated carbocycles. The Morgan fingerprint density at radius 3 is 2.33 bits per heavy atom. The van der Waals surface area contributed by atoms with E-state index in [1.807, 2.05) is 32.0 Å². The molecule has 1 saturated heterocycles. The van der Waals surface area contributed by atoms with Crippen molar-refractivity contribution < 1.29 is 27.4 Å². The van der Waals surface area contributed by atoms with E-state index in [1.54, 1.807) is 30.3 Å². The minimum Gasteiger partial charge on any atom is -0.491 e. The van der Waals surface area contributed by atoms with E-state index in [9.17, 15) is 13.2 Å². The number of carbonyl (C=O) groups excluding carboxylic acids is 1. The van der Waals surface area contributed by atoms with Gasteiger partial charge in [0.2, 0.25) is 16.8 Å². The van der Waals surface area contributed by atoms with Crippen LogP contribution in [0, 0.1) is 0 Å². The normalized spacial score (nSPS) is 15.1. The summed E-state index contributed by atoms with van der Waals surface area (Å²) < 4.78 is 42.9. The summed E-state index contributed by atoms with van der Waals surface area (Å²) in [5, 5.41) is 0. The van der Waals surface area contributed by atoms with E-state index < -0.39 is 10.0 Å². The predicted octanol–water partition coefficient (Wildman–Crippen LogP) is 2.49. The van der Waals surface area contributed by atoms with Gasteiger partial charge in [-0.05, 0) is 50.2 Å². The molecule has 8 nitrogen and oxygen atoms in total. The minimum absolute atomic E-state index is 0.0296. The van der Waals surface area contributed by atoms with Crippen molar-refractivity contribution in [3.63, 3.8) is 0 Å². The number of sulfonamides is 1. The van der Waals surface area contributed by atoms with Crippen LogP contribution in [-0.2, 0) is 19.6 Å². The number of benzene rings is 2. The van der Waals surface area contributed by atoms with E-state index in [2.05, 4.69) is 9.64 Å². The Hall–Kier alpha value is -2.78. The van der Waals surface area contributed by atoms with Gasteiger partial charge in [0.1, 0.15) is 11.5 Å². The second kappa shape index (κ2) is 9.82. The molecule has 30 heavy (non-hydrogen) atoms. The second-order valence-electron chi connectivity index (χ2n) is 7.05. The molecule has 0 N–H and O–H groups in total. The quantitative estimate of drug-likeness (QED) is 0.341. The molecule has 0 radical (unpaired) electrons. The Morgan fingerprint density at radius 1 is 1.00 bits per heavy atom. The lowest BCUT2D eigenvalue weighted by Crippen LogP contribution is -2.48. The Bertz CT molecular complexity index is 938. The van der Waals surface area contributed by atoms with Crippen molar-refractivity contribution in [2.45, 2.75) is 24.8 Å². The fraction of sp³-hybridized carbons (Fsp3) is 0.381. The summed E-state index contributed by atoms with van der Waals surface area (Å²) in [6, 6.07) is 13.9. The average Bonchev–Trinajstić information content (AvgIpc) is 2.74. The number of piperazine rings is 1.